The molecule has 0 aliphatic carbocycles. The quantitative estimate of drug-likeness (QED) is 0.567. The Labute approximate surface area is 181 Å². The Hall–Kier alpha value is -3.48. The first-order chi connectivity index (χ1) is 14.7. The lowest BCUT2D eigenvalue weighted by Gasteiger charge is -2.10. The van der Waals surface area contributed by atoms with Crippen LogP contribution in [0.4, 0.5) is 0 Å². The third-order valence-corrected chi connectivity index (χ3v) is 6.23. The van der Waals surface area contributed by atoms with E-state index in [2.05, 4.69) is 15.9 Å². The van der Waals surface area contributed by atoms with Gasteiger partial charge < -0.3 is 4.74 Å². The molecule has 0 aliphatic heterocycles. The average molecular weight is 439 g/mol. The van der Waals surface area contributed by atoms with Crippen LogP contribution in [0.25, 0.3) is 5.69 Å². The number of aryl methyl sites for hydroxylation is 3. The van der Waals surface area contributed by atoms with Crippen molar-refractivity contribution >= 4 is 16.0 Å². The minimum absolute atomic E-state index is 0.0768. The van der Waals surface area contributed by atoms with E-state index >= 15 is 0 Å². The van der Waals surface area contributed by atoms with E-state index in [1.165, 1.54) is 6.07 Å². The van der Waals surface area contributed by atoms with E-state index < -0.39 is 22.5 Å². The number of carbonyl (C=O) groups excluding carboxylic acids is 1. The Morgan fingerprint density at radius 2 is 1.84 bits per heavy atom. The number of carbonyl (C=O) groups is 1. The van der Waals surface area contributed by atoms with Crippen molar-refractivity contribution in [1.29, 1.82) is 5.26 Å². The zero-order valence-electron chi connectivity index (χ0n) is 17.4. The van der Waals surface area contributed by atoms with Gasteiger partial charge in [0.05, 0.1) is 22.0 Å². The summed E-state index contributed by atoms with van der Waals surface area (Å²) in [5.74, 6) is -0.769. The first-order valence-corrected chi connectivity index (χ1v) is 11.0. The molecule has 0 unspecified atom stereocenters. The summed E-state index contributed by atoms with van der Waals surface area (Å²) in [4.78, 5) is 12.3. The van der Waals surface area contributed by atoms with E-state index in [0.29, 0.717) is 22.6 Å². The van der Waals surface area contributed by atoms with Crippen molar-refractivity contribution in [3.8, 4) is 11.8 Å². The van der Waals surface area contributed by atoms with Crippen LogP contribution in [0.3, 0.4) is 0 Å². The normalized spacial score (nSPS) is 11.2. The Bertz CT molecular complexity index is 1260. The number of para-hydroxylation sites is 1. The highest BCUT2D eigenvalue weighted by molar-refractivity contribution is 7.89. The van der Waals surface area contributed by atoms with Crippen molar-refractivity contribution < 1.29 is 17.9 Å². The minimum Gasteiger partial charge on any atom is -0.458 e. The monoisotopic (exact) mass is 438 g/mol. The third-order valence-electron chi connectivity index (χ3n) is 4.83. The maximum atomic E-state index is 12.4. The topological polar surface area (TPSA) is 114 Å². The molecule has 0 spiro atoms. The molecule has 1 N–H and O–H groups in total. The van der Waals surface area contributed by atoms with Crippen molar-refractivity contribution in [2.24, 2.45) is 0 Å². The van der Waals surface area contributed by atoms with E-state index in [4.69, 9.17) is 4.74 Å². The van der Waals surface area contributed by atoms with Gasteiger partial charge in [-0.05, 0) is 56.2 Å². The summed E-state index contributed by atoms with van der Waals surface area (Å²) >= 11 is 0. The highest BCUT2D eigenvalue weighted by Gasteiger charge is 2.20. The summed E-state index contributed by atoms with van der Waals surface area (Å²) in [6.07, 6.45) is 0. The number of ether oxygens (including phenoxy) is 1. The van der Waals surface area contributed by atoms with Crippen LogP contribution >= 0.6 is 0 Å². The van der Waals surface area contributed by atoms with Crippen LogP contribution in [0, 0.1) is 32.1 Å². The standard InChI is InChI=1S/C22H22N4O4S/c1-15-9-10-19(11-16(15)2)31(28,29)24-13-22(27)30-14-21-20(12-23)17(3)25-26(21)18-7-5-4-6-8-18/h4-11,24H,13-14H2,1-3H3. The second-order valence-electron chi connectivity index (χ2n) is 7.00. The van der Waals surface area contributed by atoms with Gasteiger partial charge in [-0.2, -0.15) is 15.1 Å². The summed E-state index contributed by atoms with van der Waals surface area (Å²) < 4.78 is 33.9. The Balaban J connectivity index is 1.70. The fourth-order valence-electron chi connectivity index (χ4n) is 2.95. The first kappa shape index (κ1) is 22.2. The van der Waals surface area contributed by atoms with Gasteiger partial charge in [-0.3, -0.25) is 4.79 Å². The van der Waals surface area contributed by atoms with Crippen molar-refractivity contribution in [2.75, 3.05) is 6.54 Å². The molecular weight excluding hydrogens is 416 g/mol. The molecule has 8 nitrogen and oxygen atoms in total. The van der Waals surface area contributed by atoms with Crippen molar-refractivity contribution in [2.45, 2.75) is 32.3 Å². The molecule has 1 aromatic heterocycles. The molecule has 0 radical (unpaired) electrons. The van der Waals surface area contributed by atoms with E-state index in [1.54, 1.807) is 23.7 Å². The largest absolute Gasteiger partial charge is 0.458 e. The van der Waals surface area contributed by atoms with Gasteiger partial charge in [-0.25, -0.2) is 13.1 Å². The molecule has 0 atom stereocenters. The average Bonchev–Trinajstić information content (AvgIpc) is 3.08. The number of nitrogens with one attached hydrogen (secondary N) is 1. The van der Waals surface area contributed by atoms with E-state index in [1.807, 2.05) is 44.2 Å². The Kier molecular flexibility index (Phi) is 6.53. The van der Waals surface area contributed by atoms with Crippen molar-refractivity contribution in [3.63, 3.8) is 0 Å². The molecule has 3 aromatic rings. The van der Waals surface area contributed by atoms with E-state index in [0.717, 1.165) is 11.1 Å². The number of benzene rings is 2. The summed E-state index contributed by atoms with van der Waals surface area (Å²) in [6.45, 7) is 4.64. The smallest absolute Gasteiger partial charge is 0.321 e. The zero-order valence-corrected chi connectivity index (χ0v) is 18.2. The second-order valence-corrected chi connectivity index (χ2v) is 8.76. The van der Waals surface area contributed by atoms with Gasteiger partial charge in [-0.15, -0.1) is 0 Å². The van der Waals surface area contributed by atoms with Crippen LogP contribution < -0.4 is 4.72 Å². The van der Waals surface area contributed by atoms with Gasteiger partial charge in [0.2, 0.25) is 10.0 Å². The van der Waals surface area contributed by atoms with Crippen molar-refractivity contribution in [1.82, 2.24) is 14.5 Å². The van der Waals surface area contributed by atoms with Crippen LogP contribution in [0.2, 0.25) is 0 Å². The van der Waals surface area contributed by atoms with E-state index in [9.17, 15) is 18.5 Å². The highest BCUT2D eigenvalue weighted by Crippen LogP contribution is 2.19. The van der Waals surface area contributed by atoms with Crippen LogP contribution in [-0.4, -0.2) is 30.7 Å². The summed E-state index contributed by atoms with van der Waals surface area (Å²) in [7, 11) is -3.86. The van der Waals surface area contributed by atoms with Crippen molar-refractivity contribution in [3.05, 3.63) is 76.6 Å². The van der Waals surface area contributed by atoms with Crippen LogP contribution in [0.5, 0.6) is 0 Å². The number of rotatable bonds is 7. The maximum absolute atomic E-state index is 12.4. The van der Waals surface area contributed by atoms with Gasteiger partial charge >= 0.3 is 5.97 Å². The highest BCUT2D eigenvalue weighted by atomic mass is 32.2. The molecular formula is C22H22N4O4S. The molecule has 1 heterocycles. The minimum atomic E-state index is -3.86. The molecule has 2 aromatic carbocycles. The number of esters is 1. The molecule has 3 rings (SSSR count). The Morgan fingerprint density at radius 3 is 2.48 bits per heavy atom. The van der Waals surface area contributed by atoms with Gasteiger partial charge in [-0.1, -0.05) is 24.3 Å². The SMILES string of the molecule is Cc1ccc(S(=O)(=O)NCC(=O)OCc2c(C#N)c(C)nn2-c2ccccc2)cc1C. The molecule has 0 bridgehead atoms. The third kappa shape index (κ3) is 4.99. The maximum Gasteiger partial charge on any atom is 0.321 e. The summed E-state index contributed by atoms with van der Waals surface area (Å²) in [5.41, 5.74) is 3.75. The lowest BCUT2D eigenvalue weighted by atomic mass is 10.1. The molecule has 9 heteroatoms. The lowest BCUT2D eigenvalue weighted by molar-refractivity contribution is -0.143. The predicted molar refractivity (Wildman–Crippen MR) is 114 cm³/mol. The molecule has 0 amide bonds. The number of sulfonamides is 1. The van der Waals surface area contributed by atoms with Gasteiger partial charge in [0, 0.05) is 0 Å². The lowest BCUT2D eigenvalue weighted by Crippen LogP contribution is -2.31. The predicted octanol–water partition coefficient (Wildman–Crippen LogP) is 2.69. The summed E-state index contributed by atoms with van der Waals surface area (Å²) in [5, 5.41) is 13.8. The van der Waals surface area contributed by atoms with Crippen LogP contribution in [0.15, 0.2) is 53.4 Å². The van der Waals surface area contributed by atoms with Gasteiger partial charge in [0.1, 0.15) is 24.8 Å². The first-order valence-electron chi connectivity index (χ1n) is 9.49. The number of nitrogens with zero attached hydrogens (tertiary/aromatic N) is 3. The van der Waals surface area contributed by atoms with Crippen LogP contribution in [-0.2, 0) is 26.2 Å². The molecule has 160 valence electrons. The van der Waals surface area contributed by atoms with E-state index in [-0.39, 0.29) is 11.5 Å². The number of hydrogen-bond acceptors (Lipinski definition) is 6. The van der Waals surface area contributed by atoms with Gasteiger partial charge in [0.25, 0.3) is 0 Å². The fourth-order valence-corrected chi connectivity index (χ4v) is 4.01. The fraction of sp³-hybridized carbons (Fsp3) is 0.227. The van der Waals surface area contributed by atoms with Crippen LogP contribution in [0.1, 0.15) is 28.1 Å². The number of nitriles is 1. The van der Waals surface area contributed by atoms with Gasteiger partial charge in [0.15, 0.2) is 0 Å². The molecule has 31 heavy (non-hydrogen) atoms. The number of aromatic nitrogens is 2. The molecule has 0 saturated heterocycles. The number of hydrogen-bond donors (Lipinski definition) is 1. The Morgan fingerprint density at radius 1 is 1.13 bits per heavy atom. The molecule has 0 fully saturated rings. The second kappa shape index (κ2) is 9.12. The molecule has 0 aliphatic rings. The summed E-state index contributed by atoms with van der Waals surface area (Å²) in [6, 6.07) is 16.0. The molecule has 0 saturated carbocycles. The zero-order chi connectivity index (χ0) is 22.6.